The Hall–Kier alpha value is -1.49. The Morgan fingerprint density at radius 1 is 1.32 bits per heavy atom. The summed E-state index contributed by atoms with van der Waals surface area (Å²) >= 11 is 3.54. The summed E-state index contributed by atoms with van der Waals surface area (Å²) in [5.74, 6) is 0.757. The molecule has 1 aliphatic carbocycles. The van der Waals surface area contributed by atoms with E-state index in [4.69, 9.17) is 5.73 Å². The number of nitrogens with one attached hydrogen (secondary N) is 1. The molecule has 4 nitrogen and oxygen atoms in total. The van der Waals surface area contributed by atoms with Crippen LogP contribution in [-0.4, -0.2) is 15.3 Å². The zero-order valence-corrected chi connectivity index (χ0v) is 12.3. The first-order chi connectivity index (χ1) is 9.11. The molecule has 0 fully saturated rings. The minimum atomic E-state index is 0.270. The summed E-state index contributed by atoms with van der Waals surface area (Å²) in [4.78, 5) is 0. The molecule has 0 atom stereocenters. The normalized spacial score (nSPS) is 14.4. The number of rotatable bonds is 1. The average molecular weight is 322 g/mol. The molecule has 100 valence electrons. The molecule has 5 heteroatoms. The number of aromatic hydroxyl groups is 1. The van der Waals surface area contributed by atoms with E-state index in [2.05, 4.69) is 33.1 Å². The van der Waals surface area contributed by atoms with E-state index in [1.165, 1.54) is 24.0 Å². The Kier molecular flexibility index (Phi) is 3.01. The first kappa shape index (κ1) is 12.5. The van der Waals surface area contributed by atoms with Gasteiger partial charge in [-0.05, 0) is 65.2 Å². The van der Waals surface area contributed by atoms with Gasteiger partial charge in [0.15, 0.2) is 0 Å². The van der Waals surface area contributed by atoms with Gasteiger partial charge in [-0.3, -0.25) is 5.10 Å². The molecular weight excluding hydrogens is 306 g/mol. The largest absolute Gasteiger partial charge is 0.506 e. The van der Waals surface area contributed by atoms with Crippen LogP contribution in [0, 0.1) is 6.92 Å². The summed E-state index contributed by atoms with van der Waals surface area (Å²) in [5, 5.41) is 17.2. The summed E-state index contributed by atoms with van der Waals surface area (Å²) in [7, 11) is 0. The van der Waals surface area contributed by atoms with Crippen LogP contribution in [-0.2, 0) is 12.8 Å². The number of benzene rings is 1. The maximum atomic E-state index is 10.5. The van der Waals surface area contributed by atoms with Gasteiger partial charge in [-0.25, -0.2) is 0 Å². The highest BCUT2D eigenvalue weighted by molar-refractivity contribution is 9.10. The van der Waals surface area contributed by atoms with Crippen LogP contribution in [0.1, 0.15) is 29.5 Å². The topological polar surface area (TPSA) is 74.9 Å². The predicted molar refractivity (Wildman–Crippen MR) is 79.2 cm³/mol. The van der Waals surface area contributed by atoms with Crippen LogP contribution in [0.5, 0.6) is 5.75 Å². The third kappa shape index (κ3) is 1.84. The monoisotopic (exact) mass is 321 g/mol. The van der Waals surface area contributed by atoms with Gasteiger partial charge in [0.1, 0.15) is 11.6 Å². The summed E-state index contributed by atoms with van der Waals surface area (Å²) in [6, 6.07) is 0. The number of halogens is 1. The van der Waals surface area contributed by atoms with Crippen LogP contribution in [0.3, 0.4) is 0 Å². The highest BCUT2D eigenvalue weighted by Crippen LogP contribution is 2.45. The quantitative estimate of drug-likeness (QED) is 0.754. The number of hydrogen-bond acceptors (Lipinski definition) is 3. The van der Waals surface area contributed by atoms with Crippen molar-refractivity contribution < 1.29 is 5.11 Å². The molecule has 1 aliphatic rings. The molecule has 0 spiro atoms. The number of H-pyrrole nitrogens is 1. The Labute approximate surface area is 120 Å². The van der Waals surface area contributed by atoms with Crippen LogP contribution in [0.15, 0.2) is 10.7 Å². The summed E-state index contributed by atoms with van der Waals surface area (Å²) in [5.41, 5.74) is 11.1. The lowest BCUT2D eigenvalue weighted by atomic mass is 9.84. The van der Waals surface area contributed by atoms with Crippen molar-refractivity contribution in [2.75, 3.05) is 5.73 Å². The van der Waals surface area contributed by atoms with Crippen LogP contribution in [0.2, 0.25) is 0 Å². The Morgan fingerprint density at radius 3 is 2.63 bits per heavy atom. The maximum absolute atomic E-state index is 10.5. The first-order valence-electron chi connectivity index (χ1n) is 6.43. The van der Waals surface area contributed by atoms with Crippen molar-refractivity contribution in [3.8, 4) is 16.9 Å². The number of phenolic OH excluding ortho intramolecular Hbond substituents is 1. The molecule has 1 aromatic carbocycles. The van der Waals surface area contributed by atoms with Crippen molar-refractivity contribution in [3.63, 3.8) is 0 Å². The second kappa shape index (κ2) is 4.56. The van der Waals surface area contributed by atoms with Crippen molar-refractivity contribution in [3.05, 3.63) is 27.4 Å². The van der Waals surface area contributed by atoms with Crippen LogP contribution < -0.4 is 5.73 Å². The Bertz CT molecular complexity index is 649. The number of nitrogen functional groups attached to an aromatic ring is 1. The van der Waals surface area contributed by atoms with Gasteiger partial charge in [0, 0.05) is 11.1 Å². The van der Waals surface area contributed by atoms with Gasteiger partial charge in [-0.1, -0.05) is 0 Å². The SMILES string of the molecule is Cc1c2c(c(Br)c(O)c1-c1cn[nH]c1N)CCCC2. The smallest absolute Gasteiger partial charge is 0.138 e. The minimum Gasteiger partial charge on any atom is -0.506 e. The van der Waals surface area contributed by atoms with E-state index in [1.54, 1.807) is 6.20 Å². The minimum absolute atomic E-state index is 0.270. The first-order valence-corrected chi connectivity index (χ1v) is 7.22. The molecule has 4 N–H and O–H groups in total. The standard InChI is InChI=1S/C14H16BrN3O/c1-7-8-4-2-3-5-9(8)12(15)13(19)11(7)10-6-17-18-14(10)16/h6,19H,2-5H2,1H3,(H3,16,17,18). The van der Waals surface area contributed by atoms with Crippen LogP contribution in [0.4, 0.5) is 5.82 Å². The molecule has 0 saturated heterocycles. The van der Waals surface area contributed by atoms with E-state index in [-0.39, 0.29) is 5.75 Å². The van der Waals surface area contributed by atoms with Crippen molar-refractivity contribution in [1.29, 1.82) is 0 Å². The second-order valence-electron chi connectivity index (χ2n) is 5.02. The molecule has 2 aromatic rings. The second-order valence-corrected chi connectivity index (χ2v) is 5.82. The van der Waals surface area contributed by atoms with E-state index >= 15 is 0 Å². The number of anilines is 1. The van der Waals surface area contributed by atoms with Crippen molar-refractivity contribution >= 4 is 21.7 Å². The molecule has 0 radical (unpaired) electrons. The van der Waals surface area contributed by atoms with E-state index in [1.807, 2.05) is 0 Å². The number of nitrogens with zero attached hydrogens (tertiary/aromatic N) is 1. The third-order valence-electron chi connectivity index (χ3n) is 3.94. The van der Waals surface area contributed by atoms with Gasteiger partial charge in [0.2, 0.25) is 0 Å². The van der Waals surface area contributed by atoms with Gasteiger partial charge in [0.05, 0.1) is 10.7 Å². The zero-order chi connectivity index (χ0) is 13.6. The molecule has 0 bridgehead atoms. The van der Waals surface area contributed by atoms with Crippen molar-refractivity contribution in [2.45, 2.75) is 32.6 Å². The van der Waals surface area contributed by atoms with E-state index in [9.17, 15) is 5.11 Å². The van der Waals surface area contributed by atoms with Gasteiger partial charge in [0.25, 0.3) is 0 Å². The highest BCUT2D eigenvalue weighted by atomic mass is 79.9. The molecule has 3 rings (SSSR count). The molecule has 0 aliphatic heterocycles. The molecular formula is C14H16BrN3O. The molecule has 0 saturated carbocycles. The van der Waals surface area contributed by atoms with E-state index in [0.717, 1.165) is 34.0 Å². The van der Waals surface area contributed by atoms with Crippen LogP contribution >= 0.6 is 15.9 Å². The summed E-state index contributed by atoms with van der Waals surface area (Å²) < 4.78 is 0.809. The average Bonchev–Trinajstić information content (AvgIpc) is 2.83. The highest BCUT2D eigenvalue weighted by Gasteiger charge is 2.24. The number of fused-ring (bicyclic) bond motifs is 1. The van der Waals surface area contributed by atoms with Crippen molar-refractivity contribution in [1.82, 2.24) is 10.2 Å². The fourth-order valence-corrected chi connectivity index (χ4v) is 3.60. The molecule has 0 unspecified atom stereocenters. The van der Waals surface area contributed by atoms with Crippen LogP contribution in [0.25, 0.3) is 11.1 Å². The maximum Gasteiger partial charge on any atom is 0.138 e. The predicted octanol–water partition coefficient (Wildman–Crippen LogP) is 3.31. The fourth-order valence-electron chi connectivity index (χ4n) is 2.97. The van der Waals surface area contributed by atoms with Gasteiger partial charge in [-0.15, -0.1) is 0 Å². The molecule has 1 aromatic heterocycles. The summed E-state index contributed by atoms with van der Waals surface area (Å²) in [6.07, 6.45) is 6.12. The lowest BCUT2D eigenvalue weighted by molar-refractivity contribution is 0.471. The molecule has 1 heterocycles. The number of phenols is 1. The van der Waals surface area contributed by atoms with E-state index < -0.39 is 0 Å². The fraction of sp³-hybridized carbons (Fsp3) is 0.357. The van der Waals surface area contributed by atoms with Gasteiger partial charge in [-0.2, -0.15) is 5.10 Å². The molecule has 0 amide bonds. The Balaban J connectivity index is 2.32. The van der Waals surface area contributed by atoms with Gasteiger partial charge < -0.3 is 10.8 Å². The number of nitrogens with two attached hydrogens (primary N) is 1. The zero-order valence-electron chi connectivity index (χ0n) is 10.8. The summed E-state index contributed by atoms with van der Waals surface area (Å²) in [6.45, 7) is 2.05. The molecule has 19 heavy (non-hydrogen) atoms. The number of aromatic amines is 1. The lowest BCUT2D eigenvalue weighted by Gasteiger charge is -2.23. The number of hydrogen-bond donors (Lipinski definition) is 3. The van der Waals surface area contributed by atoms with E-state index in [0.29, 0.717) is 5.82 Å². The number of aromatic nitrogens is 2. The Morgan fingerprint density at radius 2 is 2.00 bits per heavy atom. The van der Waals surface area contributed by atoms with Gasteiger partial charge >= 0.3 is 0 Å². The van der Waals surface area contributed by atoms with Crippen molar-refractivity contribution in [2.24, 2.45) is 0 Å². The third-order valence-corrected chi connectivity index (χ3v) is 4.80. The lowest BCUT2D eigenvalue weighted by Crippen LogP contribution is -2.07.